The lowest BCUT2D eigenvalue weighted by atomic mass is 9.86. The van der Waals surface area contributed by atoms with Gasteiger partial charge in [-0.3, -0.25) is 0 Å². The van der Waals surface area contributed by atoms with Crippen molar-refractivity contribution in [3.8, 4) is 0 Å². The fraction of sp³-hybridized carbons (Fsp3) is 0.706. The van der Waals surface area contributed by atoms with Crippen LogP contribution >= 0.6 is 0 Å². The number of hydrogen-bond acceptors (Lipinski definition) is 3. The summed E-state index contributed by atoms with van der Waals surface area (Å²) >= 11 is 0. The van der Waals surface area contributed by atoms with E-state index in [2.05, 4.69) is 42.9 Å². The Morgan fingerprint density at radius 1 is 1.40 bits per heavy atom. The van der Waals surface area contributed by atoms with Crippen molar-refractivity contribution in [3.63, 3.8) is 0 Å². The van der Waals surface area contributed by atoms with Crippen LogP contribution in [0.15, 0.2) is 18.3 Å². The summed E-state index contributed by atoms with van der Waals surface area (Å²) in [5.74, 6) is 1.94. The number of anilines is 1. The number of rotatable bonds is 5. The largest absolute Gasteiger partial charge is 0.357 e. The molecule has 3 nitrogen and oxygen atoms in total. The third-order valence-electron chi connectivity index (χ3n) is 4.65. The molecule has 3 atom stereocenters. The second-order valence-electron chi connectivity index (χ2n) is 6.43. The van der Waals surface area contributed by atoms with Crippen molar-refractivity contribution >= 4 is 5.82 Å². The van der Waals surface area contributed by atoms with Crippen LogP contribution in [0.4, 0.5) is 5.82 Å². The van der Waals surface area contributed by atoms with Crippen LogP contribution < -0.4 is 10.6 Å². The lowest BCUT2D eigenvalue weighted by Gasteiger charge is -2.34. The van der Waals surface area contributed by atoms with Gasteiger partial charge in [-0.05, 0) is 43.2 Å². The molecule has 1 aromatic rings. The highest BCUT2D eigenvalue weighted by Crippen LogP contribution is 2.28. The first-order valence-corrected chi connectivity index (χ1v) is 8.03. The van der Waals surface area contributed by atoms with Gasteiger partial charge in [0, 0.05) is 25.3 Å². The lowest BCUT2D eigenvalue weighted by Crippen LogP contribution is -2.36. The normalized spacial score (nSPS) is 24.4. The third kappa shape index (κ3) is 3.95. The predicted octanol–water partition coefficient (Wildman–Crippen LogP) is 3.38. The zero-order chi connectivity index (χ0) is 14.5. The lowest BCUT2D eigenvalue weighted by molar-refractivity contribution is 0.335. The van der Waals surface area contributed by atoms with Crippen LogP contribution in [0.25, 0.3) is 0 Å². The molecule has 3 unspecified atom stereocenters. The maximum Gasteiger partial charge on any atom is 0.128 e. The van der Waals surface area contributed by atoms with E-state index in [1.54, 1.807) is 0 Å². The molecule has 1 saturated carbocycles. The van der Waals surface area contributed by atoms with Gasteiger partial charge in [0.05, 0.1) is 0 Å². The summed E-state index contributed by atoms with van der Waals surface area (Å²) < 4.78 is 0. The zero-order valence-corrected chi connectivity index (χ0v) is 13.2. The van der Waals surface area contributed by atoms with Crippen molar-refractivity contribution < 1.29 is 0 Å². The van der Waals surface area contributed by atoms with E-state index in [0.29, 0.717) is 6.04 Å². The standard InChI is InChI=1S/C17H29N3/c1-4-15(18)11-14-8-9-17(19-12-14)20(3)16-7-5-6-13(2)10-16/h8-9,12-13,15-16H,4-7,10-11,18H2,1-3H3. The second-order valence-corrected chi connectivity index (χ2v) is 6.43. The first-order valence-electron chi connectivity index (χ1n) is 8.03. The molecule has 20 heavy (non-hydrogen) atoms. The third-order valence-corrected chi connectivity index (χ3v) is 4.65. The van der Waals surface area contributed by atoms with Crippen molar-refractivity contribution in [1.82, 2.24) is 4.98 Å². The Kier molecular flexibility index (Phi) is 5.41. The Morgan fingerprint density at radius 3 is 2.80 bits per heavy atom. The highest BCUT2D eigenvalue weighted by molar-refractivity contribution is 5.39. The minimum Gasteiger partial charge on any atom is -0.357 e. The molecule has 0 amide bonds. The number of aromatic nitrogens is 1. The van der Waals surface area contributed by atoms with E-state index in [0.717, 1.165) is 24.6 Å². The SMILES string of the molecule is CCC(N)Cc1ccc(N(C)C2CCCC(C)C2)nc1. The Balaban J connectivity index is 1.98. The summed E-state index contributed by atoms with van der Waals surface area (Å²) in [4.78, 5) is 7.00. The van der Waals surface area contributed by atoms with Crippen molar-refractivity contribution in [2.24, 2.45) is 11.7 Å². The summed E-state index contributed by atoms with van der Waals surface area (Å²) in [5, 5.41) is 0. The van der Waals surface area contributed by atoms with Gasteiger partial charge in [0.1, 0.15) is 5.82 Å². The van der Waals surface area contributed by atoms with E-state index in [4.69, 9.17) is 5.73 Å². The molecule has 0 spiro atoms. The minimum absolute atomic E-state index is 0.250. The average Bonchev–Trinajstić information content (AvgIpc) is 2.47. The van der Waals surface area contributed by atoms with Gasteiger partial charge in [-0.1, -0.05) is 32.8 Å². The van der Waals surface area contributed by atoms with Crippen LogP contribution in [0.1, 0.15) is 51.5 Å². The highest BCUT2D eigenvalue weighted by atomic mass is 15.2. The van der Waals surface area contributed by atoms with E-state index in [9.17, 15) is 0 Å². The highest BCUT2D eigenvalue weighted by Gasteiger charge is 2.23. The molecule has 0 saturated heterocycles. The molecular weight excluding hydrogens is 246 g/mol. The maximum atomic E-state index is 6.00. The van der Waals surface area contributed by atoms with E-state index < -0.39 is 0 Å². The quantitative estimate of drug-likeness (QED) is 0.896. The monoisotopic (exact) mass is 275 g/mol. The zero-order valence-electron chi connectivity index (χ0n) is 13.2. The van der Waals surface area contributed by atoms with Gasteiger partial charge in [0.15, 0.2) is 0 Å². The average molecular weight is 275 g/mol. The van der Waals surface area contributed by atoms with Crippen LogP contribution in [-0.2, 0) is 6.42 Å². The van der Waals surface area contributed by atoms with E-state index in [-0.39, 0.29) is 6.04 Å². The van der Waals surface area contributed by atoms with Crippen LogP contribution in [0.5, 0.6) is 0 Å². The first kappa shape index (κ1) is 15.3. The molecule has 0 aromatic carbocycles. The molecule has 1 aliphatic rings. The molecule has 1 aromatic heterocycles. The molecule has 0 bridgehead atoms. The molecule has 0 radical (unpaired) electrons. The van der Waals surface area contributed by atoms with Gasteiger partial charge < -0.3 is 10.6 Å². The molecule has 1 aliphatic carbocycles. The van der Waals surface area contributed by atoms with Crippen molar-refractivity contribution in [2.45, 2.75) is 64.5 Å². The van der Waals surface area contributed by atoms with Crippen LogP contribution in [-0.4, -0.2) is 24.1 Å². The molecule has 1 heterocycles. The first-order chi connectivity index (χ1) is 9.60. The topological polar surface area (TPSA) is 42.1 Å². The summed E-state index contributed by atoms with van der Waals surface area (Å²) in [6.07, 6.45) is 9.25. The van der Waals surface area contributed by atoms with Gasteiger partial charge in [-0.2, -0.15) is 0 Å². The maximum absolute atomic E-state index is 6.00. The van der Waals surface area contributed by atoms with E-state index in [1.165, 1.54) is 31.2 Å². The Morgan fingerprint density at radius 2 is 2.20 bits per heavy atom. The fourth-order valence-corrected chi connectivity index (χ4v) is 3.13. The van der Waals surface area contributed by atoms with Crippen molar-refractivity contribution in [3.05, 3.63) is 23.9 Å². The van der Waals surface area contributed by atoms with E-state index >= 15 is 0 Å². The Hall–Kier alpha value is -1.09. The molecule has 112 valence electrons. The van der Waals surface area contributed by atoms with Gasteiger partial charge in [0.2, 0.25) is 0 Å². The summed E-state index contributed by atoms with van der Waals surface area (Å²) in [6.45, 7) is 4.49. The number of nitrogens with zero attached hydrogens (tertiary/aromatic N) is 2. The minimum atomic E-state index is 0.250. The summed E-state index contributed by atoms with van der Waals surface area (Å²) in [6, 6.07) is 5.23. The van der Waals surface area contributed by atoms with Crippen LogP contribution in [0.3, 0.4) is 0 Å². The van der Waals surface area contributed by atoms with Gasteiger partial charge in [-0.25, -0.2) is 4.98 Å². The van der Waals surface area contributed by atoms with Crippen molar-refractivity contribution in [2.75, 3.05) is 11.9 Å². The number of hydrogen-bond donors (Lipinski definition) is 1. The molecule has 2 rings (SSSR count). The number of pyridine rings is 1. The Labute approximate surface area is 123 Å². The smallest absolute Gasteiger partial charge is 0.128 e. The molecular formula is C17H29N3. The fourth-order valence-electron chi connectivity index (χ4n) is 3.13. The summed E-state index contributed by atoms with van der Waals surface area (Å²) in [5.41, 5.74) is 7.24. The predicted molar refractivity (Wildman–Crippen MR) is 86.0 cm³/mol. The van der Waals surface area contributed by atoms with Crippen LogP contribution in [0.2, 0.25) is 0 Å². The second kappa shape index (κ2) is 7.07. The number of nitrogens with two attached hydrogens (primary N) is 1. The molecule has 3 heteroatoms. The van der Waals surface area contributed by atoms with Gasteiger partial charge in [-0.15, -0.1) is 0 Å². The van der Waals surface area contributed by atoms with Crippen molar-refractivity contribution in [1.29, 1.82) is 0 Å². The molecule has 1 fully saturated rings. The van der Waals surface area contributed by atoms with Gasteiger partial charge in [0.25, 0.3) is 0 Å². The van der Waals surface area contributed by atoms with Gasteiger partial charge >= 0.3 is 0 Å². The summed E-state index contributed by atoms with van der Waals surface area (Å²) in [7, 11) is 2.18. The molecule has 0 aliphatic heterocycles. The molecule has 2 N–H and O–H groups in total. The van der Waals surface area contributed by atoms with E-state index in [1.807, 2.05) is 6.20 Å². The Bertz CT molecular complexity index is 401. The van der Waals surface area contributed by atoms with Crippen LogP contribution in [0, 0.1) is 5.92 Å².